The van der Waals surface area contributed by atoms with Crippen molar-refractivity contribution in [2.24, 2.45) is 0 Å². The van der Waals surface area contributed by atoms with Crippen LogP contribution in [0.25, 0.3) is 0 Å². The number of aryl methyl sites for hydroxylation is 1. The summed E-state index contributed by atoms with van der Waals surface area (Å²) in [6, 6.07) is 6.09. The van der Waals surface area contributed by atoms with Crippen molar-refractivity contribution in [3.63, 3.8) is 0 Å². The number of halogens is 1. The number of aromatic nitrogens is 1. The zero-order valence-electron chi connectivity index (χ0n) is 15.1. The van der Waals surface area contributed by atoms with E-state index in [4.69, 9.17) is 25.6 Å². The number of carbonyl (C=O) groups excluding carboxylic acids is 1. The number of rotatable bonds is 5. The van der Waals surface area contributed by atoms with Crippen LogP contribution in [0.1, 0.15) is 20.9 Å². The van der Waals surface area contributed by atoms with E-state index >= 15 is 0 Å². The van der Waals surface area contributed by atoms with E-state index in [2.05, 4.69) is 15.2 Å². The lowest BCUT2D eigenvalue weighted by atomic mass is 10.1. The lowest BCUT2D eigenvalue weighted by Gasteiger charge is -2.09. The van der Waals surface area contributed by atoms with Crippen LogP contribution in [0, 0.1) is 18.3 Å². The smallest absolute Gasteiger partial charge is 0.267 e. The summed E-state index contributed by atoms with van der Waals surface area (Å²) >= 11 is 6.87. The molecule has 0 unspecified atom stereocenters. The van der Waals surface area contributed by atoms with Crippen molar-refractivity contribution >= 4 is 50.4 Å². The molecule has 0 saturated heterocycles. The molecule has 0 saturated carbocycles. The fourth-order valence-corrected chi connectivity index (χ4v) is 5.08. The first-order valence-electron chi connectivity index (χ1n) is 8.17. The Kier molecular flexibility index (Phi) is 5.02. The monoisotopic (exact) mass is 466 g/mol. The summed E-state index contributed by atoms with van der Waals surface area (Å²) in [5.41, 5.74) is 0.602. The minimum Gasteiger partial charge on any atom is -0.454 e. The van der Waals surface area contributed by atoms with Crippen molar-refractivity contribution < 1.29 is 27.2 Å². The number of hydrogen-bond donors (Lipinski definition) is 2. The molecule has 154 valence electrons. The second-order valence-corrected chi connectivity index (χ2v) is 8.89. The zero-order chi connectivity index (χ0) is 21.5. The van der Waals surface area contributed by atoms with Crippen LogP contribution in [0.3, 0.4) is 0 Å². The van der Waals surface area contributed by atoms with Gasteiger partial charge in [-0.2, -0.15) is 5.26 Å². The summed E-state index contributed by atoms with van der Waals surface area (Å²) in [6.45, 7) is 1.55. The molecule has 1 aliphatic heterocycles. The minimum absolute atomic E-state index is 0.000256. The van der Waals surface area contributed by atoms with Gasteiger partial charge in [-0.05, 0) is 18.4 Å². The molecule has 3 aromatic rings. The maximum Gasteiger partial charge on any atom is 0.267 e. The number of benzene rings is 1. The van der Waals surface area contributed by atoms with Gasteiger partial charge in [-0.3, -0.25) is 4.79 Å². The largest absolute Gasteiger partial charge is 0.454 e. The highest BCUT2D eigenvalue weighted by Gasteiger charge is 2.28. The van der Waals surface area contributed by atoms with E-state index in [9.17, 15) is 18.5 Å². The number of fused-ring (bicyclic) bond motifs is 1. The number of nitriles is 1. The van der Waals surface area contributed by atoms with Gasteiger partial charge < -0.3 is 19.3 Å². The van der Waals surface area contributed by atoms with Gasteiger partial charge in [-0.1, -0.05) is 16.8 Å². The maximum absolute atomic E-state index is 12.8. The Labute approximate surface area is 179 Å². The summed E-state index contributed by atoms with van der Waals surface area (Å²) in [7, 11) is -4.20. The van der Waals surface area contributed by atoms with Crippen LogP contribution >= 0.6 is 22.9 Å². The van der Waals surface area contributed by atoms with Crippen LogP contribution < -0.4 is 19.5 Å². The highest BCUT2D eigenvalue weighted by Crippen LogP contribution is 2.37. The number of ether oxygens (including phenoxy) is 2. The van der Waals surface area contributed by atoms with E-state index in [0.29, 0.717) is 17.2 Å². The predicted octanol–water partition coefficient (Wildman–Crippen LogP) is 3.35. The normalized spacial score (nSPS) is 12.4. The predicted molar refractivity (Wildman–Crippen MR) is 107 cm³/mol. The molecule has 13 heteroatoms. The molecule has 1 amide bonds. The van der Waals surface area contributed by atoms with Crippen molar-refractivity contribution in [1.82, 2.24) is 5.16 Å². The first-order valence-corrected chi connectivity index (χ1v) is 10.9. The molecular formula is C17H11ClN4O6S2. The lowest BCUT2D eigenvalue weighted by Crippen LogP contribution is -2.18. The van der Waals surface area contributed by atoms with Crippen LogP contribution in [0.15, 0.2) is 33.0 Å². The second kappa shape index (κ2) is 7.52. The number of thiophene rings is 1. The Balaban J connectivity index is 1.63. The molecule has 1 aliphatic rings. The number of anilines is 2. The van der Waals surface area contributed by atoms with Crippen LogP contribution in [0.5, 0.6) is 11.5 Å². The van der Waals surface area contributed by atoms with Gasteiger partial charge >= 0.3 is 0 Å². The van der Waals surface area contributed by atoms with Gasteiger partial charge in [-0.15, -0.1) is 11.3 Å². The molecule has 2 aromatic heterocycles. The summed E-state index contributed by atoms with van der Waals surface area (Å²) < 4.78 is 43.0. The Morgan fingerprint density at radius 3 is 2.73 bits per heavy atom. The molecular weight excluding hydrogens is 456 g/mol. The van der Waals surface area contributed by atoms with Crippen LogP contribution in [-0.4, -0.2) is 26.3 Å². The standard InChI is InChI=1S/C17H11ClN4O6S2/c1-8-14(18)17(28-21-8)22-30(24,25)13-2-3-29-15(13)16(23)20-10-5-12-11(26-7-27-12)4-9(10)6-19/h2-5,22H,7H2,1H3,(H,20,23). The first-order chi connectivity index (χ1) is 14.3. The molecule has 0 fully saturated rings. The minimum atomic E-state index is -4.20. The quantitative estimate of drug-likeness (QED) is 0.582. The number of hydrogen-bond acceptors (Lipinski definition) is 9. The van der Waals surface area contributed by atoms with E-state index in [1.807, 2.05) is 6.07 Å². The SMILES string of the molecule is Cc1noc(NS(=O)(=O)c2ccsc2C(=O)Nc2cc3c(cc2C#N)OCO3)c1Cl. The zero-order valence-corrected chi connectivity index (χ0v) is 17.4. The summed E-state index contributed by atoms with van der Waals surface area (Å²) in [6.07, 6.45) is 0. The molecule has 10 nitrogen and oxygen atoms in total. The van der Waals surface area contributed by atoms with E-state index in [0.717, 1.165) is 11.3 Å². The third kappa shape index (κ3) is 3.54. The molecule has 0 radical (unpaired) electrons. The summed E-state index contributed by atoms with van der Waals surface area (Å²) in [4.78, 5) is 12.4. The second-order valence-electron chi connectivity index (χ2n) is 5.95. The molecule has 0 bridgehead atoms. The van der Waals surface area contributed by atoms with Crippen LogP contribution in [0.4, 0.5) is 11.6 Å². The number of nitrogens with one attached hydrogen (secondary N) is 2. The molecule has 2 N–H and O–H groups in total. The topological polar surface area (TPSA) is 144 Å². The molecule has 0 spiro atoms. The third-order valence-corrected chi connectivity index (χ3v) is 6.89. The molecule has 4 rings (SSSR count). The Morgan fingerprint density at radius 1 is 1.33 bits per heavy atom. The molecule has 1 aromatic carbocycles. The van der Waals surface area contributed by atoms with Crippen molar-refractivity contribution in [3.05, 3.63) is 44.7 Å². The lowest BCUT2D eigenvalue weighted by molar-refractivity contribution is 0.102. The van der Waals surface area contributed by atoms with Gasteiger partial charge in [0.15, 0.2) is 11.5 Å². The van der Waals surface area contributed by atoms with E-state index < -0.39 is 15.9 Å². The first kappa shape index (κ1) is 20.0. The molecule has 0 aliphatic carbocycles. The highest BCUT2D eigenvalue weighted by molar-refractivity contribution is 7.93. The average molecular weight is 467 g/mol. The van der Waals surface area contributed by atoms with Gasteiger partial charge in [0.2, 0.25) is 6.79 Å². The summed E-state index contributed by atoms with van der Waals surface area (Å²) in [5, 5.41) is 16.9. The maximum atomic E-state index is 12.8. The van der Waals surface area contributed by atoms with Crippen LogP contribution in [0.2, 0.25) is 5.02 Å². The van der Waals surface area contributed by atoms with Gasteiger partial charge in [0.1, 0.15) is 26.6 Å². The fourth-order valence-electron chi connectivity index (χ4n) is 2.59. The fraction of sp³-hybridized carbons (Fsp3) is 0.118. The Hall–Kier alpha value is -3.27. The van der Waals surface area contributed by atoms with Crippen molar-refractivity contribution in [1.29, 1.82) is 5.26 Å². The van der Waals surface area contributed by atoms with E-state index in [1.54, 1.807) is 6.92 Å². The number of sulfonamides is 1. The molecule has 3 heterocycles. The van der Waals surface area contributed by atoms with Crippen molar-refractivity contribution in [2.45, 2.75) is 11.8 Å². The average Bonchev–Trinajstić information content (AvgIpc) is 3.44. The van der Waals surface area contributed by atoms with Gasteiger partial charge in [0, 0.05) is 12.1 Å². The third-order valence-electron chi connectivity index (χ3n) is 4.02. The number of carbonyl (C=O) groups is 1. The number of amides is 1. The van der Waals surface area contributed by atoms with Crippen LogP contribution in [-0.2, 0) is 10.0 Å². The molecule has 30 heavy (non-hydrogen) atoms. The number of nitrogens with zero attached hydrogens (tertiary/aromatic N) is 2. The van der Waals surface area contributed by atoms with Crippen molar-refractivity contribution in [2.75, 3.05) is 16.8 Å². The van der Waals surface area contributed by atoms with Gasteiger partial charge in [0.25, 0.3) is 21.8 Å². The Bertz CT molecular complexity index is 1310. The molecule has 0 atom stereocenters. The van der Waals surface area contributed by atoms with Gasteiger partial charge in [0.05, 0.1) is 11.3 Å². The van der Waals surface area contributed by atoms with Gasteiger partial charge in [-0.25, -0.2) is 13.1 Å². The van der Waals surface area contributed by atoms with E-state index in [-0.39, 0.29) is 38.7 Å². The van der Waals surface area contributed by atoms with Crippen molar-refractivity contribution in [3.8, 4) is 17.6 Å². The summed E-state index contributed by atoms with van der Waals surface area (Å²) in [5.74, 6) is -0.234. The Morgan fingerprint density at radius 2 is 2.07 bits per heavy atom. The van der Waals surface area contributed by atoms with E-state index in [1.165, 1.54) is 23.6 Å². The highest BCUT2D eigenvalue weighted by atomic mass is 35.5.